The van der Waals surface area contributed by atoms with E-state index in [0.29, 0.717) is 6.54 Å². The molecule has 0 aliphatic carbocycles. The molecule has 0 radical (unpaired) electrons. The predicted octanol–water partition coefficient (Wildman–Crippen LogP) is 1.97. The van der Waals surface area contributed by atoms with Crippen molar-refractivity contribution in [3.63, 3.8) is 0 Å². The summed E-state index contributed by atoms with van der Waals surface area (Å²) in [6, 6.07) is 7.55. The van der Waals surface area contributed by atoms with Gasteiger partial charge < -0.3 is 4.90 Å². The van der Waals surface area contributed by atoms with E-state index in [-0.39, 0.29) is 5.91 Å². The number of terminal acetylenes is 1. The van der Waals surface area contributed by atoms with Crippen LogP contribution in [0.25, 0.3) is 0 Å². The maximum atomic E-state index is 11.8. The zero-order valence-corrected chi connectivity index (χ0v) is 11.3. The average Bonchev–Trinajstić information content (AvgIpc) is 2.41. The number of likely N-dealkylation sites (N-methyl/N-ethyl adjacent to an activating group) is 1. The monoisotopic (exact) mass is 244 g/mol. The van der Waals surface area contributed by atoms with Crippen LogP contribution in [-0.2, 0) is 4.79 Å². The van der Waals surface area contributed by atoms with Crippen molar-refractivity contribution in [1.82, 2.24) is 4.90 Å². The zero-order chi connectivity index (χ0) is 13.5. The number of carbonyl (C=O) groups excluding carboxylic acids is 1. The summed E-state index contributed by atoms with van der Waals surface area (Å²) in [5.74, 6) is 2.71. The number of rotatable bonds is 1. The fourth-order valence-corrected chi connectivity index (χ4v) is 1.83. The number of carbonyl (C=O) groups is 1. The lowest BCUT2D eigenvalue weighted by Gasteiger charge is -2.32. The molecule has 0 bridgehead atoms. The lowest BCUT2D eigenvalue weighted by molar-refractivity contribution is -0.120. The summed E-state index contributed by atoms with van der Waals surface area (Å²) in [6.45, 7) is 6.09. The van der Waals surface area contributed by atoms with Crippen molar-refractivity contribution in [1.29, 1.82) is 0 Å². The number of nitrogens with zero attached hydrogens (tertiary/aromatic N) is 2. The highest BCUT2D eigenvalue weighted by molar-refractivity contribution is 5.95. The number of hydrogen-bond acceptors (Lipinski definition) is 2. The lowest BCUT2D eigenvalue weighted by Crippen LogP contribution is -2.48. The Labute approximate surface area is 109 Å². The molecule has 2 rings (SSSR count). The van der Waals surface area contributed by atoms with E-state index in [9.17, 15) is 4.79 Å². The Morgan fingerprint density at radius 3 is 2.61 bits per heavy atom. The summed E-state index contributed by atoms with van der Waals surface area (Å²) in [4.78, 5) is 15.6. The van der Waals surface area contributed by atoms with Gasteiger partial charge in [-0.25, -0.2) is 0 Å². The second-order valence-electron chi connectivity index (χ2n) is 3.98. The smallest absolute Gasteiger partial charge is 0.241 e. The second kappa shape index (κ2) is 6.83. The van der Waals surface area contributed by atoms with Crippen molar-refractivity contribution >= 4 is 11.6 Å². The molecule has 0 N–H and O–H groups in total. The van der Waals surface area contributed by atoms with Gasteiger partial charge in [-0.15, -0.1) is 6.42 Å². The standard InChI is InChI=1S/C13H14N2O.C2H6/c1-3-11-5-4-6-12(9-11)15-8-7-14(2)10-13(15)16;1-2/h1,4-6,9H,7-8,10H2,2H3;1-2H3. The Balaban J connectivity index is 0.000000771. The molecule has 0 saturated carbocycles. The maximum Gasteiger partial charge on any atom is 0.241 e. The van der Waals surface area contributed by atoms with Gasteiger partial charge in [-0.05, 0) is 25.2 Å². The van der Waals surface area contributed by atoms with E-state index in [4.69, 9.17) is 6.42 Å². The van der Waals surface area contributed by atoms with Crippen molar-refractivity contribution < 1.29 is 4.79 Å². The lowest BCUT2D eigenvalue weighted by atomic mass is 10.2. The third-order valence-corrected chi connectivity index (χ3v) is 2.74. The first-order valence-corrected chi connectivity index (χ1v) is 6.26. The minimum atomic E-state index is 0.128. The minimum absolute atomic E-state index is 0.128. The van der Waals surface area contributed by atoms with Crippen molar-refractivity contribution in [3.05, 3.63) is 29.8 Å². The van der Waals surface area contributed by atoms with E-state index in [2.05, 4.69) is 5.92 Å². The predicted molar refractivity (Wildman–Crippen MR) is 75.6 cm³/mol. The highest BCUT2D eigenvalue weighted by Gasteiger charge is 2.22. The van der Waals surface area contributed by atoms with Crippen molar-refractivity contribution in [2.24, 2.45) is 0 Å². The van der Waals surface area contributed by atoms with E-state index in [1.807, 2.05) is 50.1 Å². The average molecular weight is 244 g/mol. The molecule has 1 saturated heterocycles. The topological polar surface area (TPSA) is 23.6 Å². The molecule has 0 atom stereocenters. The van der Waals surface area contributed by atoms with Crippen molar-refractivity contribution in [3.8, 4) is 12.3 Å². The number of piperazine rings is 1. The summed E-state index contributed by atoms with van der Waals surface area (Å²) in [5, 5.41) is 0. The minimum Gasteiger partial charge on any atom is -0.310 e. The van der Waals surface area contributed by atoms with Gasteiger partial charge in [0.2, 0.25) is 5.91 Å². The van der Waals surface area contributed by atoms with Gasteiger partial charge in [0.05, 0.1) is 6.54 Å². The number of benzene rings is 1. The van der Waals surface area contributed by atoms with Gasteiger partial charge in [0.15, 0.2) is 0 Å². The van der Waals surface area contributed by atoms with Crippen LogP contribution in [-0.4, -0.2) is 37.5 Å². The molecular weight excluding hydrogens is 224 g/mol. The van der Waals surface area contributed by atoms with Crippen LogP contribution in [0.1, 0.15) is 19.4 Å². The molecule has 1 aliphatic heterocycles. The Morgan fingerprint density at radius 2 is 2.00 bits per heavy atom. The maximum absolute atomic E-state index is 11.8. The molecule has 96 valence electrons. The van der Waals surface area contributed by atoms with Crippen LogP contribution in [0.15, 0.2) is 24.3 Å². The fraction of sp³-hybridized carbons (Fsp3) is 0.400. The van der Waals surface area contributed by atoms with Gasteiger partial charge in [-0.3, -0.25) is 9.69 Å². The van der Waals surface area contributed by atoms with Crippen molar-refractivity contribution in [2.75, 3.05) is 31.6 Å². The highest BCUT2D eigenvalue weighted by atomic mass is 16.2. The summed E-state index contributed by atoms with van der Waals surface area (Å²) < 4.78 is 0. The van der Waals surface area contributed by atoms with Crippen LogP contribution >= 0.6 is 0 Å². The van der Waals surface area contributed by atoms with E-state index in [0.717, 1.165) is 24.3 Å². The van der Waals surface area contributed by atoms with Crippen LogP contribution in [0.5, 0.6) is 0 Å². The molecule has 0 spiro atoms. The summed E-state index contributed by atoms with van der Waals surface area (Å²) in [5.41, 5.74) is 1.71. The Bertz CT molecular complexity index is 448. The summed E-state index contributed by atoms with van der Waals surface area (Å²) in [6.07, 6.45) is 5.34. The van der Waals surface area contributed by atoms with Crippen molar-refractivity contribution in [2.45, 2.75) is 13.8 Å². The van der Waals surface area contributed by atoms with E-state index in [1.165, 1.54) is 0 Å². The van der Waals surface area contributed by atoms with Gasteiger partial charge in [-0.2, -0.15) is 0 Å². The van der Waals surface area contributed by atoms with Gasteiger partial charge >= 0.3 is 0 Å². The molecule has 0 unspecified atom stereocenters. The van der Waals surface area contributed by atoms with Crippen LogP contribution in [0.4, 0.5) is 5.69 Å². The summed E-state index contributed by atoms with van der Waals surface area (Å²) >= 11 is 0. The molecule has 3 nitrogen and oxygen atoms in total. The van der Waals surface area contributed by atoms with Crippen LogP contribution < -0.4 is 4.90 Å². The SMILES string of the molecule is C#Cc1cccc(N2CCN(C)CC2=O)c1.CC. The quantitative estimate of drug-likeness (QED) is 0.705. The Morgan fingerprint density at radius 1 is 1.28 bits per heavy atom. The van der Waals surface area contributed by atoms with E-state index >= 15 is 0 Å². The molecule has 18 heavy (non-hydrogen) atoms. The Hall–Kier alpha value is -1.79. The number of hydrogen-bond donors (Lipinski definition) is 0. The van der Waals surface area contributed by atoms with Gasteiger partial charge in [0.1, 0.15) is 0 Å². The molecule has 3 heteroatoms. The fourth-order valence-electron chi connectivity index (χ4n) is 1.83. The second-order valence-corrected chi connectivity index (χ2v) is 3.98. The molecule has 1 aliphatic rings. The van der Waals surface area contributed by atoms with Crippen LogP contribution in [0, 0.1) is 12.3 Å². The third-order valence-electron chi connectivity index (χ3n) is 2.74. The van der Waals surface area contributed by atoms with Gasteiger partial charge in [0.25, 0.3) is 0 Å². The highest BCUT2D eigenvalue weighted by Crippen LogP contribution is 2.18. The number of anilines is 1. The summed E-state index contributed by atoms with van der Waals surface area (Å²) in [7, 11) is 1.95. The molecule has 1 fully saturated rings. The first kappa shape index (κ1) is 14.3. The number of amides is 1. The third kappa shape index (κ3) is 3.35. The van der Waals surface area contributed by atoms with Gasteiger partial charge in [-0.1, -0.05) is 25.8 Å². The Kier molecular flexibility index (Phi) is 5.41. The van der Waals surface area contributed by atoms with Crippen LogP contribution in [0.3, 0.4) is 0 Å². The molecule has 1 amide bonds. The largest absolute Gasteiger partial charge is 0.310 e. The van der Waals surface area contributed by atoms with Gasteiger partial charge in [0, 0.05) is 24.3 Å². The molecule has 1 heterocycles. The first-order chi connectivity index (χ1) is 8.70. The molecular formula is C15H20N2O. The molecule has 1 aromatic carbocycles. The normalized spacial score (nSPS) is 15.7. The van der Waals surface area contributed by atoms with E-state index in [1.54, 1.807) is 4.90 Å². The van der Waals surface area contributed by atoms with E-state index < -0.39 is 0 Å². The first-order valence-electron chi connectivity index (χ1n) is 6.26. The molecule has 1 aromatic rings. The van der Waals surface area contributed by atoms with Crippen LogP contribution in [0.2, 0.25) is 0 Å². The zero-order valence-electron chi connectivity index (χ0n) is 11.3. The molecule has 0 aromatic heterocycles.